The molecule has 0 radical (unpaired) electrons. The van der Waals surface area contributed by atoms with Crippen molar-refractivity contribution in [2.75, 3.05) is 4.43 Å². The minimum atomic E-state index is -1.31. The predicted octanol–water partition coefficient (Wildman–Crippen LogP) is 4.00. The van der Waals surface area contributed by atoms with Crippen molar-refractivity contribution < 1.29 is 5.11 Å². The Morgan fingerprint density at radius 1 is 1.06 bits per heavy atom. The highest BCUT2D eigenvalue weighted by Crippen LogP contribution is 2.08. The Morgan fingerprint density at radius 3 is 2.19 bits per heavy atom. The minimum absolute atomic E-state index is 0.392. The number of unbranched alkanes of at least 4 members (excludes halogenated alkanes) is 4. The third-order valence-corrected chi connectivity index (χ3v) is 3.88. The first kappa shape index (κ1) is 16.5. The van der Waals surface area contributed by atoms with Gasteiger partial charge in [0, 0.05) is 0 Å². The first-order chi connectivity index (χ1) is 7.45. The molecule has 0 fully saturated rings. The summed E-state index contributed by atoms with van der Waals surface area (Å²) in [5, 5.41) is 9.66. The topological polar surface area (TPSA) is 20.2 Å². The third kappa shape index (κ3) is 12.5. The summed E-state index contributed by atoms with van der Waals surface area (Å²) in [5.41, 5.74) is 3.22. The Kier molecular flexibility index (Phi) is 9.77. The van der Waals surface area contributed by atoms with E-state index in [0.29, 0.717) is 0 Å². The second-order valence-electron chi connectivity index (χ2n) is 5.28. The standard InChI is InChI=1S/C13H25IOSi/c1-16(2,3)12-10-13(15)9-7-5-4-6-8-11-14/h13,15H,4-9,11H2,1-3H3/t13-/m1/s1. The van der Waals surface area contributed by atoms with Gasteiger partial charge in [0.1, 0.15) is 14.2 Å². The van der Waals surface area contributed by atoms with Crippen LogP contribution < -0.4 is 0 Å². The van der Waals surface area contributed by atoms with Crippen molar-refractivity contribution >= 4 is 30.7 Å². The van der Waals surface area contributed by atoms with Crippen LogP contribution in [0, 0.1) is 11.5 Å². The molecule has 1 atom stereocenters. The zero-order valence-corrected chi connectivity index (χ0v) is 14.0. The average Bonchev–Trinajstić information content (AvgIpc) is 2.19. The summed E-state index contributed by atoms with van der Waals surface area (Å²) in [7, 11) is -1.31. The molecule has 0 rings (SSSR count). The van der Waals surface area contributed by atoms with Crippen LogP contribution in [0.5, 0.6) is 0 Å². The lowest BCUT2D eigenvalue weighted by molar-refractivity contribution is 0.217. The highest BCUT2D eigenvalue weighted by Gasteiger charge is 2.08. The predicted molar refractivity (Wildman–Crippen MR) is 83.7 cm³/mol. The number of hydrogen-bond acceptors (Lipinski definition) is 1. The number of aliphatic hydroxyl groups excluding tert-OH is 1. The number of rotatable bonds is 7. The van der Waals surface area contributed by atoms with Crippen molar-refractivity contribution in [2.45, 2.75) is 64.3 Å². The van der Waals surface area contributed by atoms with E-state index in [2.05, 4.69) is 53.7 Å². The van der Waals surface area contributed by atoms with E-state index < -0.39 is 14.2 Å². The first-order valence-electron chi connectivity index (χ1n) is 6.22. The summed E-state index contributed by atoms with van der Waals surface area (Å²) in [6, 6.07) is 0. The van der Waals surface area contributed by atoms with E-state index >= 15 is 0 Å². The fourth-order valence-corrected chi connectivity index (χ4v) is 2.47. The quantitative estimate of drug-likeness (QED) is 0.241. The molecule has 0 aliphatic rings. The number of aliphatic hydroxyl groups is 1. The van der Waals surface area contributed by atoms with Gasteiger partial charge in [0.05, 0.1) is 0 Å². The molecule has 94 valence electrons. The monoisotopic (exact) mass is 352 g/mol. The summed E-state index contributed by atoms with van der Waals surface area (Å²) < 4.78 is 1.27. The van der Waals surface area contributed by atoms with Crippen molar-refractivity contribution in [1.29, 1.82) is 0 Å². The first-order valence-corrected chi connectivity index (χ1v) is 11.2. The van der Waals surface area contributed by atoms with E-state index in [1.807, 2.05) is 0 Å². The van der Waals surface area contributed by atoms with Crippen molar-refractivity contribution in [3.63, 3.8) is 0 Å². The van der Waals surface area contributed by atoms with E-state index in [1.54, 1.807) is 0 Å². The van der Waals surface area contributed by atoms with Crippen molar-refractivity contribution in [1.82, 2.24) is 0 Å². The van der Waals surface area contributed by atoms with Crippen LogP contribution in [0.15, 0.2) is 0 Å². The Morgan fingerprint density at radius 2 is 1.62 bits per heavy atom. The molecule has 0 aliphatic heterocycles. The van der Waals surface area contributed by atoms with Gasteiger partial charge in [0.2, 0.25) is 0 Å². The molecule has 1 N–H and O–H groups in total. The molecule has 0 aromatic carbocycles. The van der Waals surface area contributed by atoms with Crippen LogP contribution in [0.1, 0.15) is 38.5 Å². The lowest BCUT2D eigenvalue weighted by Crippen LogP contribution is -2.17. The van der Waals surface area contributed by atoms with Crippen LogP contribution in [-0.4, -0.2) is 23.7 Å². The van der Waals surface area contributed by atoms with Gasteiger partial charge in [-0.05, 0) is 23.7 Å². The van der Waals surface area contributed by atoms with Gasteiger partial charge in [-0.2, -0.15) is 0 Å². The Hall–Kier alpha value is 0.467. The van der Waals surface area contributed by atoms with Gasteiger partial charge < -0.3 is 5.11 Å². The zero-order valence-electron chi connectivity index (χ0n) is 10.9. The molecule has 0 heterocycles. The third-order valence-electron chi connectivity index (χ3n) is 2.22. The maximum Gasteiger partial charge on any atom is 0.129 e. The SMILES string of the molecule is C[Si](C)(C)C#C[C@H](O)CCCCCCCI. The molecule has 0 unspecified atom stereocenters. The molecule has 1 nitrogen and oxygen atoms in total. The van der Waals surface area contributed by atoms with E-state index in [-0.39, 0.29) is 0 Å². The fraction of sp³-hybridized carbons (Fsp3) is 0.846. The summed E-state index contributed by atoms with van der Waals surface area (Å²) >= 11 is 2.42. The molecule has 0 aliphatic carbocycles. The second kappa shape index (κ2) is 9.49. The zero-order chi connectivity index (χ0) is 12.4. The highest BCUT2D eigenvalue weighted by atomic mass is 127. The van der Waals surface area contributed by atoms with Gasteiger partial charge >= 0.3 is 0 Å². The van der Waals surface area contributed by atoms with E-state index in [1.165, 1.54) is 30.1 Å². The number of halogens is 1. The van der Waals surface area contributed by atoms with Gasteiger partial charge in [-0.15, -0.1) is 5.54 Å². The summed E-state index contributed by atoms with van der Waals surface area (Å²) in [6.45, 7) is 6.62. The Balaban J connectivity index is 3.50. The molecule has 0 spiro atoms. The molecule has 3 heteroatoms. The highest BCUT2D eigenvalue weighted by molar-refractivity contribution is 14.1. The molecule has 16 heavy (non-hydrogen) atoms. The van der Waals surface area contributed by atoms with Crippen LogP contribution in [-0.2, 0) is 0 Å². The van der Waals surface area contributed by atoms with Gasteiger partial charge in [-0.1, -0.05) is 67.4 Å². The Labute approximate surface area is 116 Å². The maximum absolute atomic E-state index is 9.66. The van der Waals surface area contributed by atoms with E-state index in [9.17, 15) is 5.11 Å². The molecule has 0 amide bonds. The van der Waals surface area contributed by atoms with Crippen molar-refractivity contribution in [2.24, 2.45) is 0 Å². The van der Waals surface area contributed by atoms with Crippen LogP contribution in [0.3, 0.4) is 0 Å². The lowest BCUT2D eigenvalue weighted by Gasteiger charge is -2.06. The normalized spacial score (nSPS) is 13.1. The summed E-state index contributed by atoms with van der Waals surface area (Å²) in [5.74, 6) is 2.99. The largest absolute Gasteiger partial charge is 0.380 e. The summed E-state index contributed by atoms with van der Waals surface area (Å²) in [6.07, 6.45) is 6.78. The lowest BCUT2D eigenvalue weighted by atomic mass is 10.1. The average molecular weight is 352 g/mol. The maximum atomic E-state index is 9.66. The molecule has 0 saturated heterocycles. The molecule has 0 saturated carbocycles. The van der Waals surface area contributed by atoms with Crippen LogP contribution in [0.4, 0.5) is 0 Å². The van der Waals surface area contributed by atoms with Crippen molar-refractivity contribution in [3.8, 4) is 11.5 Å². The van der Waals surface area contributed by atoms with Gasteiger partial charge in [0.25, 0.3) is 0 Å². The molecular formula is C13H25IOSi. The minimum Gasteiger partial charge on any atom is -0.380 e. The molecule has 0 aromatic heterocycles. The van der Waals surface area contributed by atoms with Crippen LogP contribution in [0.2, 0.25) is 19.6 Å². The fourth-order valence-electron chi connectivity index (χ4n) is 1.33. The number of alkyl halides is 1. The van der Waals surface area contributed by atoms with Crippen LogP contribution >= 0.6 is 22.6 Å². The molecular weight excluding hydrogens is 327 g/mol. The molecule has 0 bridgehead atoms. The smallest absolute Gasteiger partial charge is 0.129 e. The van der Waals surface area contributed by atoms with E-state index in [0.717, 1.165) is 12.8 Å². The van der Waals surface area contributed by atoms with Crippen molar-refractivity contribution in [3.05, 3.63) is 0 Å². The van der Waals surface area contributed by atoms with Crippen LogP contribution in [0.25, 0.3) is 0 Å². The Bertz CT molecular complexity index is 224. The second-order valence-corrected chi connectivity index (χ2v) is 11.1. The molecule has 0 aromatic rings. The number of hydrogen-bond donors (Lipinski definition) is 1. The van der Waals surface area contributed by atoms with Gasteiger partial charge in [-0.25, -0.2) is 0 Å². The summed E-state index contributed by atoms with van der Waals surface area (Å²) in [4.78, 5) is 0. The van der Waals surface area contributed by atoms with Gasteiger partial charge in [-0.3, -0.25) is 0 Å². The van der Waals surface area contributed by atoms with Gasteiger partial charge in [0.15, 0.2) is 0 Å². The van der Waals surface area contributed by atoms with E-state index in [4.69, 9.17) is 0 Å².